The fraction of sp³-hybridized carbons (Fsp3) is 0.923. The van der Waals surface area contributed by atoms with Gasteiger partial charge in [-0.2, -0.15) is 0 Å². The van der Waals surface area contributed by atoms with Gasteiger partial charge in [-0.3, -0.25) is 4.79 Å². The van der Waals surface area contributed by atoms with Crippen LogP contribution in [0.25, 0.3) is 0 Å². The number of nitrogens with zero attached hydrogens (tertiary/aromatic N) is 2. The van der Waals surface area contributed by atoms with Crippen molar-refractivity contribution < 1.29 is 9.90 Å². The molecule has 1 atom stereocenters. The van der Waals surface area contributed by atoms with E-state index >= 15 is 0 Å². The lowest BCUT2D eigenvalue weighted by molar-refractivity contribution is -0.141. The summed E-state index contributed by atoms with van der Waals surface area (Å²) in [6.45, 7) is 3.53. The van der Waals surface area contributed by atoms with Crippen molar-refractivity contribution >= 4 is 17.5 Å². The van der Waals surface area contributed by atoms with Gasteiger partial charge in [0.15, 0.2) is 0 Å². The second kappa shape index (κ2) is 5.76. The summed E-state index contributed by atoms with van der Waals surface area (Å²) >= 11 is 5.69. The highest BCUT2D eigenvalue weighted by atomic mass is 35.5. The highest BCUT2D eigenvalue weighted by Gasteiger charge is 2.46. The minimum Gasteiger partial charge on any atom is -0.389 e. The molecule has 4 nitrogen and oxygen atoms in total. The Balaban J connectivity index is 1.89. The van der Waals surface area contributed by atoms with Crippen molar-refractivity contribution in [1.82, 2.24) is 9.80 Å². The first-order valence-corrected chi connectivity index (χ1v) is 7.36. The van der Waals surface area contributed by atoms with Gasteiger partial charge in [0.25, 0.3) is 0 Å². The molecule has 0 aliphatic carbocycles. The van der Waals surface area contributed by atoms with Crippen molar-refractivity contribution in [1.29, 1.82) is 0 Å². The number of likely N-dealkylation sites (tertiary alicyclic amines) is 2. The van der Waals surface area contributed by atoms with E-state index in [1.807, 2.05) is 7.05 Å². The summed E-state index contributed by atoms with van der Waals surface area (Å²) in [7, 11) is 1.82. The van der Waals surface area contributed by atoms with Crippen molar-refractivity contribution in [2.45, 2.75) is 31.3 Å². The van der Waals surface area contributed by atoms with Gasteiger partial charge in [-0.25, -0.2) is 0 Å². The molecular weight excluding hydrogens is 252 g/mol. The summed E-state index contributed by atoms with van der Waals surface area (Å²) in [5.74, 6) is 0.622. The average Bonchev–Trinajstić information content (AvgIpc) is 2.70. The number of halogens is 1. The number of rotatable bonds is 4. The van der Waals surface area contributed by atoms with Gasteiger partial charge >= 0.3 is 0 Å². The molecule has 2 fully saturated rings. The van der Waals surface area contributed by atoms with Gasteiger partial charge in [-0.05, 0) is 32.2 Å². The smallest absolute Gasteiger partial charge is 0.228 e. The standard InChI is InChI=1S/C13H23ClN2O2/c1-15-8-3-11(12(15)17)13(18)4-9-16(10-5-13)7-2-6-14/h11,18H,2-10H2,1H3. The van der Waals surface area contributed by atoms with E-state index in [2.05, 4.69) is 4.90 Å². The first kappa shape index (κ1) is 14.1. The van der Waals surface area contributed by atoms with Gasteiger partial charge in [0.05, 0.1) is 11.5 Å². The molecule has 2 aliphatic heterocycles. The molecule has 0 bridgehead atoms. The number of carbonyl (C=O) groups excluding carboxylic acids is 1. The van der Waals surface area contributed by atoms with E-state index in [0.717, 1.165) is 39.0 Å². The average molecular weight is 275 g/mol. The van der Waals surface area contributed by atoms with E-state index in [0.29, 0.717) is 18.7 Å². The van der Waals surface area contributed by atoms with Crippen LogP contribution in [0.4, 0.5) is 0 Å². The third-order valence-electron chi connectivity index (χ3n) is 4.41. The molecule has 0 aromatic carbocycles. The molecule has 5 heteroatoms. The van der Waals surface area contributed by atoms with Crippen LogP contribution >= 0.6 is 11.6 Å². The highest BCUT2D eigenvalue weighted by Crippen LogP contribution is 2.36. The number of alkyl halides is 1. The Morgan fingerprint density at radius 2 is 2.06 bits per heavy atom. The van der Waals surface area contributed by atoms with E-state index in [9.17, 15) is 9.90 Å². The van der Waals surface area contributed by atoms with Crippen LogP contribution in [0.15, 0.2) is 0 Å². The molecular formula is C13H23ClN2O2. The third kappa shape index (κ3) is 2.81. The Bertz CT molecular complexity index is 303. The van der Waals surface area contributed by atoms with E-state index < -0.39 is 5.60 Å². The molecule has 0 spiro atoms. The van der Waals surface area contributed by atoms with Crippen LogP contribution in [0.1, 0.15) is 25.7 Å². The molecule has 1 amide bonds. The van der Waals surface area contributed by atoms with Crippen LogP contribution in [0.5, 0.6) is 0 Å². The molecule has 2 rings (SSSR count). The van der Waals surface area contributed by atoms with Crippen molar-refractivity contribution in [3.05, 3.63) is 0 Å². The van der Waals surface area contributed by atoms with Crippen LogP contribution in [0.2, 0.25) is 0 Å². The van der Waals surface area contributed by atoms with Gasteiger partial charge in [-0.15, -0.1) is 11.6 Å². The van der Waals surface area contributed by atoms with Gasteiger partial charge in [-0.1, -0.05) is 0 Å². The highest BCUT2D eigenvalue weighted by molar-refractivity contribution is 6.17. The number of piperidine rings is 1. The zero-order chi connectivity index (χ0) is 13.2. The van der Waals surface area contributed by atoms with E-state index in [4.69, 9.17) is 11.6 Å². The Kier molecular flexibility index (Phi) is 4.51. The topological polar surface area (TPSA) is 43.8 Å². The Morgan fingerprint density at radius 3 is 2.56 bits per heavy atom. The summed E-state index contributed by atoms with van der Waals surface area (Å²) in [4.78, 5) is 16.1. The van der Waals surface area contributed by atoms with Crippen LogP contribution in [0, 0.1) is 5.92 Å². The zero-order valence-corrected chi connectivity index (χ0v) is 11.8. The molecule has 1 N–H and O–H groups in total. The minimum atomic E-state index is -0.778. The lowest BCUT2D eigenvalue weighted by Gasteiger charge is -2.41. The first-order chi connectivity index (χ1) is 8.57. The second-order valence-corrected chi connectivity index (χ2v) is 5.97. The second-order valence-electron chi connectivity index (χ2n) is 5.59. The van der Waals surface area contributed by atoms with E-state index in [1.54, 1.807) is 4.90 Å². The van der Waals surface area contributed by atoms with Crippen molar-refractivity contribution in [2.24, 2.45) is 5.92 Å². The molecule has 2 saturated heterocycles. The predicted octanol–water partition coefficient (Wildman–Crippen LogP) is 0.920. The lowest BCUT2D eigenvalue weighted by Crippen LogP contribution is -2.51. The number of aliphatic hydroxyl groups is 1. The Hall–Kier alpha value is -0.320. The van der Waals surface area contributed by atoms with Crippen LogP contribution in [-0.2, 0) is 4.79 Å². The molecule has 2 heterocycles. The number of hydrogen-bond acceptors (Lipinski definition) is 3. The minimum absolute atomic E-state index is 0.117. The zero-order valence-electron chi connectivity index (χ0n) is 11.1. The first-order valence-electron chi connectivity index (χ1n) is 6.82. The lowest BCUT2D eigenvalue weighted by atomic mass is 9.78. The summed E-state index contributed by atoms with van der Waals surface area (Å²) < 4.78 is 0. The van der Waals surface area contributed by atoms with E-state index in [-0.39, 0.29) is 11.8 Å². The van der Waals surface area contributed by atoms with Crippen LogP contribution < -0.4 is 0 Å². The van der Waals surface area contributed by atoms with Gasteiger partial charge < -0.3 is 14.9 Å². The molecule has 0 radical (unpaired) electrons. The van der Waals surface area contributed by atoms with Crippen molar-refractivity contribution in [3.8, 4) is 0 Å². The molecule has 1 unspecified atom stereocenters. The fourth-order valence-electron chi connectivity index (χ4n) is 3.12. The summed E-state index contributed by atoms with van der Waals surface area (Å²) in [6.07, 6.45) is 3.21. The van der Waals surface area contributed by atoms with Crippen molar-refractivity contribution in [3.63, 3.8) is 0 Å². The van der Waals surface area contributed by atoms with E-state index in [1.165, 1.54) is 0 Å². The summed E-state index contributed by atoms with van der Waals surface area (Å²) in [5.41, 5.74) is -0.778. The number of amides is 1. The molecule has 18 heavy (non-hydrogen) atoms. The maximum atomic E-state index is 12.0. The number of hydrogen-bond donors (Lipinski definition) is 1. The van der Waals surface area contributed by atoms with Crippen LogP contribution in [-0.4, -0.2) is 65.5 Å². The fourth-order valence-corrected chi connectivity index (χ4v) is 3.24. The third-order valence-corrected chi connectivity index (χ3v) is 4.67. The van der Waals surface area contributed by atoms with Gasteiger partial charge in [0.2, 0.25) is 5.91 Å². The molecule has 0 aromatic heterocycles. The summed E-state index contributed by atoms with van der Waals surface area (Å²) in [6, 6.07) is 0. The Morgan fingerprint density at radius 1 is 1.39 bits per heavy atom. The van der Waals surface area contributed by atoms with Gasteiger partial charge in [0.1, 0.15) is 0 Å². The quantitative estimate of drug-likeness (QED) is 0.776. The molecule has 104 valence electrons. The molecule has 2 aliphatic rings. The Labute approximate surface area is 114 Å². The maximum Gasteiger partial charge on any atom is 0.228 e. The predicted molar refractivity (Wildman–Crippen MR) is 71.7 cm³/mol. The largest absolute Gasteiger partial charge is 0.389 e. The number of carbonyl (C=O) groups is 1. The van der Waals surface area contributed by atoms with Crippen LogP contribution in [0.3, 0.4) is 0 Å². The normalized spacial score (nSPS) is 28.9. The SMILES string of the molecule is CN1CCC(C2(O)CCN(CCCCl)CC2)C1=O. The van der Waals surface area contributed by atoms with Gasteiger partial charge in [0, 0.05) is 32.6 Å². The maximum absolute atomic E-state index is 12.0. The monoisotopic (exact) mass is 274 g/mol. The summed E-state index contributed by atoms with van der Waals surface area (Å²) in [5, 5.41) is 10.7. The van der Waals surface area contributed by atoms with Crippen molar-refractivity contribution in [2.75, 3.05) is 39.1 Å². The molecule has 0 aromatic rings. The molecule has 0 saturated carbocycles.